The zero-order valence-corrected chi connectivity index (χ0v) is 69.7. The lowest BCUT2D eigenvalue weighted by Crippen LogP contribution is -2.49. The van der Waals surface area contributed by atoms with Gasteiger partial charge in [-0.1, -0.05) is 64.7 Å². The summed E-state index contributed by atoms with van der Waals surface area (Å²) in [7, 11) is 0. The third-order valence-electron chi connectivity index (χ3n) is 25.0. The van der Waals surface area contributed by atoms with Crippen LogP contribution in [0.15, 0.2) is 91.5 Å². The highest BCUT2D eigenvalue weighted by Crippen LogP contribution is 2.60. The van der Waals surface area contributed by atoms with Crippen molar-refractivity contribution in [3.8, 4) is 0 Å². The van der Waals surface area contributed by atoms with E-state index in [1.165, 1.54) is 139 Å². The van der Waals surface area contributed by atoms with E-state index in [1.54, 1.807) is 6.07 Å². The maximum absolute atomic E-state index is 13.6. The van der Waals surface area contributed by atoms with E-state index in [1.807, 2.05) is 65.8 Å². The number of hydrogen-bond acceptors (Lipinski definition) is 24. The Kier molecular flexibility index (Phi) is 23.1. The molecule has 8 fully saturated rings. The van der Waals surface area contributed by atoms with Gasteiger partial charge >= 0.3 is 0 Å². The number of H-pyrrole nitrogens is 5. The topological polar surface area (TPSA) is 384 Å². The number of halogens is 5. The zero-order valence-electron chi connectivity index (χ0n) is 69.7. The molecule has 0 spiro atoms. The van der Waals surface area contributed by atoms with Gasteiger partial charge in [0.25, 0.3) is 0 Å². The molecule has 14 aromatic heterocycles. The molecule has 8 aliphatic rings. The summed E-state index contributed by atoms with van der Waals surface area (Å²) in [6, 6.07) is 17.8. The first kappa shape index (κ1) is 81.2. The quantitative estimate of drug-likeness (QED) is 0.0337. The Balaban J connectivity index is 0.000000110. The molecule has 2 atom stereocenters. The van der Waals surface area contributed by atoms with Crippen LogP contribution in [0.25, 0.3) is 55.0 Å². The minimum Gasteiger partial charge on any atom is -0.325 e. The van der Waals surface area contributed by atoms with E-state index in [0.29, 0.717) is 126 Å². The number of nitrogens with one attached hydrogen (secondary N) is 10. The second-order valence-corrected chi connectivity index (χ2v) is 34.5. The van der Waals surface area contributed by atoms with Crippen molar-refractivity contribution >= 4 is 113 Å². The highest BCUT2D eigenvalue weighted by atomic mass is 19.1. The molecular formula is C89H100F5N29. The van der Waals surface area contributed by atoms with E-state index < -0.39 is 17.5 Å². The SMILES string of the molecule is Cc1cc(Nc2[nH]nc3ncc(F)cc23)nc(C23CC4CC(CC(C4)C2)C3)n1.Cc1cc(Nc2[nH]nc3ncc(F)cc23)nc(C2CC2)n1.Cc1cc(Nc2[nH]nc3ncc(F)cc23)nc([C@H]2CCCC[C@@H]2C)n1.Cc1cc(Nc2n[nH]c3ccc(F)cc23)nc(C2CCCC2)n1.Cc1nc(C2CCCCCC2)nc(Nc2[nH]nc3ncc(F)cc23)c1C.[HH]. The number of aryl methyl sites for hydroxylation is 5. The maximum atomic E-state index is 13.6. The molecule has 1 aromatic carbocycles. The van der Waals surface area contributed by atoms with Crippen LogP contribution in [0.2, 0.25) is 0 Å². The molecule has 29 nitrogen and oxygen atoms in total. The van der Waals surface area contributed by atoms with Crippen LogP contribution in [0.1, 0.15) is 236 Å². The third-order valence-corrected chi connectivity index (χ3v) is 25.0. The first-order chi connectivity index (χ1) is 59.6. The van der Waals surface area contributed by atoms with Crippen molar-refractivity contribution in [3.63, 3.8) is 0 Å². The Morgan fingerprint density at radius 1 is 0.350 bits per heavy atom. The van der Waals surface area contributed by atoms with Crippen molar-refractivity contribution in [1.82, 2.24) is 121 Å². The van der Waals surface area contributed by atoms with Crippen LogP contribution in [0.5, 0.6) is 0 Å². The molecule has 0 aliphatic heterocycles. The average molecular weight is 1670 g/mol. The van der Waals surface area contributed by atoms with Gasteiger partial charge in [0.1, 0.15) is 111 Å². The summed E-state index contributed by atoms with van der Waals surface area (Å²) >= 11 is 0. The normalized spacial score (nSPS) is 20.0. The molecule has 23 rings (SSSR count). The Hall–Kier alpha value is -12.8. The molecule has 123 heavy (non-hydrogen) atoms. The molecule has 636 valence electrons. The number of benzene rings is 1. The fourth-order valence-electron chi connectivity index (χ4n) is 19.1. The van der Waals surface area contributed by atoms with Crippen LogP contribution >= 0.6 is 0 Å². The standard InChI is InChI=1S/C21H23FN6.C19H23FN6.C18H21FN6.C17H18FN5.C14H13FN6.H2/c1-11-2-17(25-19-16-6-15(22)10-23-18(16)27-28-19)26-20(24-11)21-7-12-3-13(8-21)5-14(4-12)9-21;1-11-12(2)22-17(13-7-5-3-4-6-8-13)23-16(11)24-19-15-9-14(20)10-21-18(15)25-26-19;1-10-5-3-4-6-13(10)17-21-11(2)7-15(22-17)23-18-14-8-12(19)9-20-16(14)24-25-18;1-10-8-15(20-16(19-10)11-4-2-3-5-11)21-17-13-9-12(18)6-7-14(13)22-23-17;1-7-4-11(18-12(17-7)8-2-3-8)19-14-10-5-9(15)6-16-13(10)20-21-14;/h2,6,10,12-14H,3-5,7-9H2,1H3,(H2,23,24,25,26,27,28);9-10,13H,3-8H2,1-2H3,(H2,21,22,23,24,25,26);7-10,13H,3-6H2,1-2H3,(H2,20,21,22,23,24,25);6-9,11H,2-5H2,1H3,(H2,19,20,21,22,23);4-6,8H,2-3H2,1H3,(H2,16,17,18,19,20,21);1H/t;;10-,13-;;;/m..0.../s1. The van der Waals surface area contributed by atoms with E-state index in [0.717, 1.165) is 162 Å². The lowest BCUT2D eigenvalue weighted by Gasteiger charge is -2.56. The summed E-state index contributed by atoms with van der Waals surface area (Å²) in [5, 5.41) is 54.3. The van der Waals surface area contributed by atoms with Gasteiger partial charge in [0, 0.05) is 94.2 Å². The van der Waals surface area contributed by atoms with Crippen LogP contribution in [0, 0.1) is 94.3 Å². The second kappa shape index (κ2) is 35.0. The van der Waals surface area contributed by atoms with E-state index in [4.69, 9.17) is 24.9 Å². The highest BCUT2D eigenvalue weighted by molar-refractivity contribution is 5.93. The van der Waals surface area contributed by atoms with Gasteiger partial charge in [-0.3, -0.25) is 25.5 Å². The lowest BCUT2D eigenvalue weighted by molar-refractivity contribution is -0.00940. The summed E-state index contributed by atoms with van der Waals surface area (Å²) in [6.45, 7) is 14.2. The van der Waals surface area contributed by atoms with Gasteiger partial charge in [-0.25, -0.2) is 91.7 Å². The molecule has 15 aromatic rings. The van der Waals surface area contributed by atoms with Crippen molar-refractivity contribution in [1.29, 1.82) is 0 Å². The summed E-state index contributed by atoms with van der Waals surface area (Å²) in [5.41, 5.74) is 8.47. The minimum absolute atomic E-state index is 0. The van der Waals surface area contributed by atoms with Crippen LogP contribution in [-0.4, -0.2) is 121 Å². The summed E-state index contributed by atoms with van der Waals surface area (Å²) < 4.78 is 67.5. The zero-order chi connectivity index (χ0) is 84.6. The highest BCUT2D eigenvalue weighted by Gasteiger charge is 2.53. The van der Waals surface area contributed by atoms with E-state index in [2.05, 4.69) is 129 Å². The van der Waals surface area contributed by atoms with Crippen molar-refractivity contribution in [2.24, 2.45) is 23.7 Å². The molecule has 14 heterocycles. The number of anilines is 10. The van der Waals surface area contributed by atoms with Crippen molar-refractivity contribution in [2.45, 2.75) is 219 Å². The molecule has 0 saturated heterocycles. The van der Waals surface area contributed by atoms with Crippen LogP contribution < -0.4 is 26.6 Å². The number of hydrogen-bond donors (Lipinski definition) is 10. The molecular weight excluding hydrogens is 1570 g/mol. The predicted molar refractivity (Wildman–Crippen MR) is 462 cm³/mol. The first-order valence-electron chi connectivity index (χ1n) is 42.9. The van der Waals surface area contributed by atoms with E-state index >= 15 is 0 Å². The van der Waals surface area contributed by atoms with E-state index in [9.17, 15) is 22.0 Å². The smallest absolute Gasteiger partial charge is 0.183 e. The largest absolute Gasteiger partial charge is 0.325 e. The fourth-order valence-corrected chi connectivity index (χ4v) is 19.1. The molecule has 8 aliphatic carbocycles. The van der Waals surface area contributed by atoms with Crippen LogP contribution in [-0.2, 0) is 5.41 Å². The molecule has 10 N–H and O–H groups in total. The van der Waals surface area contributed by atoms with Crippen molar-refractivity contribution in [3.05, 3.63) is 184 Å². The van der Waals surface area contributed by atoms with Crippen molar-refractivity contribution in [2.75, 3.05) is 26.6 Å². The Labute approximate surface area is 706 Å². The molecule has 0 amide bonds. The number of pyridine rings is 4. The monoisotopic (exact) mass is 1670 g/mol. The van der Waals surface area contributed by atoms with Gasteiger partial charge in [-0.2, -0.15) is 25.5 Å². The summed E-state index contributed by atoms with van der Waals surface area (Å²) in [5.74, 6) is 14.1. The maximum Gasteiger partial charge on any atom is 0.183 e. The van der Waals surface area contributed by atoms with Gasteiger partial charge in [-0.15, -0.1) is 0 Å². The molecule has 8 saturated carbocycles. The predicted octanol–water partition coefficient (Wildman–Crippen LogP) is 20.6. The third kappa shape index (κ3) is 18.5. The van der Waals surface area contributed by atoms with Gasteiger partial charge in [0.15, 0.2) is 28.4 Å². The van der Waals surface area contributed by atoms with Gasteiger partial charge in [0.05, 0.1) is 51.8 Å². The number of fused-ring (bicyclic) bond motifs is 5. The lowest BCUT2D eigenvalue weighted by atomic mass is 9.49. The second-order valence-electron chi connectivity index (χ2n) is 34.5. The number of nitrogens with zero attached hydrogens (tertiary/aromatic N) is 19. The summed E-state index contributed by atoms with van der Waals surface area (Å²) in [6.07, 6.45) is 31.8. The van der Waals surface area contributed by atoms with Crippen LogP contribution in [0.3, 0.4) is 0 Å². The number of rotatable bonds is 15. The molecule has 0 unspecified atom stereocenters. The Bertz CT molecular complexity index is 6310. The average Bonchev–Trinajstić information content (AvgIpc) is 0.913. The van der Waals surface area contributed by atoms with E-state index in [-0.39, 0.29) is 18.5 Å². The van der Waals surface area contributed by atoms with Gasteiger partial charge in [-0.05, 0) is 191 Å². The molecule has 34 heteroatoms. The molecule has 0 radical (unpaired) electrons. The number of aromatic nitrogens is 24. The van der Waals surface area contributed by atoms with Crippen molar-refractivity contribution < 1.29 is 23.4 Å². The fraction of sp³-hybridized carbons (Fsp3) is 0.427. The Morgan fingerprint density at radius 2 is 0.740 bits per heavy atom. The Morgan fingerprint density at radius 3 is 1.21 bits per heavy atom. The first-order valence-corrected chi connectivity index (χ1v) is 42.9. The molecule has 4 bridgehead atoms. The summed E-state index contributed by atoms with van der Waals surface area (Å²) in [4.78, 5) is 62.9. The number of aromatic amines is 5. The van der Waals surface area contributed by atoms with Crippen LogP contribution in [0.4, 0.5) is 80.1 Å². The minimum atomic E-state index is -0.399. The van der Waals surface area contributed by atoms with Gasteiger partial charge in [0.2, 0.25) is 0 Å². The van der Waals surface area contributed by atoms with Gasteiger partial charge < -0.3 is 26.6 Å².